The number of allylic oxidation sites excluding steroid dienone is 2. The Morgan fingerprint density at radius 1 is 1.12 bits per heavy atom. The third-order valence-electron chi connectivity index (χ3n) is 4.59. The predicted octanol–water partition coefficient (Wildman–Crippen LogP) is 3.95. The lowest BCUT2D eigenvalue weighted by molar-refractivity contribution is -0.139. The molecule has 1 heterocycles. The topological polar surface area (TPSA) is 46.2 Å². The van der Waals surface area contributed by atoms with Crippen LogP contribution in [0.25, 0.3) is 0 Å². The van der Waals surface area contributed by atoms with Gasteiger partial charge in [0, 0.05) is 30.0 Å². The van der Waals surface area contributed by atoms with Crippen LogP contribution in [0.1, 0.15) is 50.2 Å². The number of amides is 1. The maximum absolute atomic E-state index is 13.3. The highest BCUT2D eigenvalue weighted by atomic mass is 19.4. The van der Waals surface area contributed by atoms with Crippen molar-refractivity contribution in [3.8, 4) is 0 Å². The molecule has 6 heteroatoms. The van der Waals surface area contributed by atoms with Crippen molar-refractivity contribution in [1.29, 1.82) is 0 Å². The molecule has 1 N–H and O–H groups in total. The third-order valence-corrected chi connectivity index (χ3v) is 4.59. The molecule has 2 aliphatic rings. The quantitative estimate of drug-likeness (QED) is 0.843. The zero-order valence-corrected chi connectivity index (χ0v) is 13.5. The molecule has 1 aliphatic heterocycles. The summed E-state index contributed by atoms with van der Waals surface area (Å²) in [5, 5.41) is 2.70. The Balaban J connectivity index is 2.15. The van der Waals surface area contributed by atoms with Crippen LogP contribution < -0.4 is 5.32 Å². The molecule has 1 aromatic rings. The van der Waals surface area contributed by atoms with E-state index in [1.54, 1.807) is 0 Å². The standard InChI is InChI=1S/C18H18F3NO2/c1-17(2)8-13-16(14(23)9-17)11(7-15(24)22-13)10-5-3-4-6-12(10)18(19,20)21/h3-6,11H,7-9H2,1-2H3,(H,22,24)/t11-/m0/s1. The molecule has 0 radical (unpaired) electrons. The van der Waals surface area contributed by atoms with Gasteiger partial charge in [-0.3, -0.25) is 9.59 Å². The van der Waals surface area contributed by atoms with Crippen LogP contribution in [-0.2, 0) is 15.8 Å². The Labute approximate surface area is 137 Å². The minimum Gasteiger partial charge on any atom is -0.329 e. The minimum absolute atomic E-state index is 0.000376. The number of hydrogen-bond donors (Lipinski definition) is 1. The SMILES string of the molecule is CC1(C)CC(=O)C2=C(C1)NC(=O)C[C@H]2c1ccccc1C(F)(F)F. The van der Waals surface area contributed by atoms with Gasteiger partial charge in [-0.2, -0.15) is 13.2 Å². The van der Waals surface area contributed by atoms with Gasteiger partial charge < -0.3 is 5.32 Å². The molecule has 1 aromatic carbocycles. The number of halogens is 3. The highest BCUT2D eigenvalue weighted by molar-refractivity contribution is 6.02. The van der Waals surface area contributed by atoms with Crippen molar-refractivity contribution < 1.29 is 22.8 Å². The lowest BCUT2D eigenvalue weighted by atomic mass is 9.69. The molecule has 128 valence electrons. The number of nitrogens with one attached hydrogen (secondary N) is 1. The van der Waals surface area contributed by atoms with Gasteiger partial charge in [-0.15, -0.1) is 0 Å². The van der Waals surface area contributed by atoms with Crippen LogP contribution in [0.4, 0.5) is 13.2 Å². The van der Waals surface area contributed by atoms with Crippen LogP contribution in [-0.4, -0.2) is 11.7 Å². The molecular formula is C18H18F3NO2. The second-order valence-electron chi connectivity index (χ2n) is 7.22. The molecular weight excluding hydrogens is 319 g/mol. The smallest absolute Gasteiger partial charge is 0.329 e. The normalized spacial score (nSPS) is 23.8. The van der Waals surface area contributed by atoms with E-state index in [2.05, 4.69) is 5.32 Å². The van der Waals surface area contributed by atoms with Crippen molar-refractivity contribution >= 4 is 11.7 Å². The Morgan fingerprint density at radius 2 is 1.79 bits per heavy atom. The second-order valence-corrected chi connectivity index (χ2v) is 7.22. The van der Waals surface area contributed by atoms with E-state index in [1.807, 2.05) is 13.8 Å². The summed E-state index contributed by atoms with van der Waals surface area (Å²) in [5.74, 6) is -1.36. The Morgan fingerprint density at radius 3 is 2.46 bits per heavy atom. The van der Waals surface area contributed by atoms with E-state index in [-0.39, 0.29) is 35.5 Å². The molecule has 0 fully saturated rings. The summed E-state index contributed by atoms with van der Waals surface area (Å²) < 4.78 is 40.0. The van der Waals surface area contributed by atoms with Gasteiger partial charge >= 0.3 is 6.18 Å². The summed E-state index contributed by atoms with van der Waals surface area (Å²) >= 11 is 0. The lowest BCUT2D eigenvalue weighted by Crippen LogP contribution is -2.41. The molecule has 0 aromatic heterocycles. The molecule has 3 nitrogen and oxygen atoms in total. The monoisotopic (exact) mass is 337 g/mol. The first-order valence-corrected chi connectivity index (χ1v) is 7.81. The molecule has 0 bridgehead atoms. The number of alkyl halides is 3. The van der Waals surface area contributed by atoms with Gasteiger partial charge in [0.2, 0.25) is 5.91 Å². The van der Waals surface area contributed by atoms with Crippen LogP contribution in [0.2, 0.25) is 0 Å². The van der Waals surface area contributed by atoms with Crippen LogP contribution in [0.5, 0.6) is 0 Å². The van der Waals surface area contributed by atoms with Gasteiger partial charge in [0.15, 0.2) is 5.78 Å². The second kappa shape index (κ2) is 5.46. The van der Waals surface area contributed by atoms with E-state index in [9.17, 15) is 22.8 Å². The Kier molecular flexibility index (Phi) is 3.81. The molecule has 1 aliphatic carbocycles. The fourth-order valence-corrected chi connectivity index (χ4v) is 3.68. The van der Waals surface area contributed by atoms with Crippen LogP contribution in [0.15, 0.2) is 35.5 Å². The molecule has 0 saturated heterocycles. The maximum Gasteiger partial charge on any atom is 0.416 e. The molecule has 0 saturated carbocycles. The van der Waals surface area contributed by atoms with E-state index < -0.39 is 17.7 Å². The van der Waals surface area contributed by atoms with Crippen molar-refractivity contribution in [2.24, 2.45) is 5.41 Å². The van der Waals surface area contributed by atoms with Crippen LogP contribution in [0, 0.1) is 5.41 Å². The molecule has 0 unspecified atom stereocenters. The summed E-state index contributed by atoms with van der Waals surface area (Å²) in [6.07, 6.45) is -3.92. The maximum atomic E-state index is 13.3. The summed E-state index contributed by atoms with van der Waals surface area (Å²) in [7, 11) is 0. The molecule has 24 heavy (non-hydrogen) atoms. The zero-order chi connectivity index (χ0) is 17.7. The summed E-state index contributed by atoms with van der Waals surface area (Å²) in [5.41, 5.74) is -0.274. The number of carbonyl (C=O) groups excluding carboxylic acids is 2. The summed E-state index contributed by atoms with van der Waals surface area (Å²) in [6.45, 7) is 3.82. The predicted molar refractivity (Wildman–Crippen MR) is 82.0 cm³/mol. The summed E-state index contributed by atoms with van der Waals surface area (Å²) in [6, 6.07) is 5.19. The van der Waals surface area contributed by atoms with Gasteiger partial charge in [0.25, 0.3) is 0 Å². The first-order valence-electron chi connectivity index (χ1n) is 7.81. The van der Waals surface area contributed by atoms with E-state index in [0.29, 0.717) is 17.7 Å². The van der Waals surface area contributed by atoms with E-state index in [0.717, 1.165) is 6.07 Å². The molecule has 1 amide bonds. The Hall–Kier alpha value is -2.11. The fraction of sp³-hybridized carbons (Fsp3) is 0.444. The van der Waals surface area contributed by atoms with Crippen molar-refractivity contribution in [2.45, 2.75) is 45.2 Å². The molecule has 0 spiro atoms. The largest absolute Gasteiger partial charge is 0.416 e. The van der Waals surface area contributed by atoms with Crippen molar-refractivity contribution in [3.05, 3.63) is 46.7 Å². The third kappa shape index (κ3) is 2.97. The highest BCUT2D eigenvalue weighted by Crippen LogP contribution is 2.46. The summed E-state index contributed by atoms with van der Waals surface area (Å²) in [4.78, 5) is 24.6. The molecule has 1 atom stereocenters. The van der Waals surface area contributed by atoms with Gasteiger partial charge in [0.1, 0.15) is 0 Å². The van der Waals surface area contributed by atoms with Crippen molar-refractivity contribution in [1.82, 2.24) is 5.32 Å². The average molecular weight is 337 g/mol. The highest BCUT2D eigenvalue weighted by Gasteiger charge is 2.43. The van der Waals surface area contributed by atoms with Crippen molar-refractivity contribution in [2.75, 3.05) is 0 Å². The number of carbonyl (C=O) groups is 2. The number of ketones is 1. The van der Waals surface area contributed by atoms with E-state index in [1.165, 1.54) is 18.2 Å². The van der Waals surface area contributed by atoms with Gasteiger partial charge in [-0.25, -0.2) is 0 Å². The van der Waals surface area contributed by atoms with Gasteiger partial charge in [0.05, 0.1) is 5.56 Å². The van der Waals surface area contributed by atoms with Crippen LogP contribution >= 0.6 is 0 Å². The Bertz CT molecular complexity index is 747. The number of Topliss-reactive ketones (excluding diaryl/α,β-unsaturated/α-hetero) is 1. The average Bonchev–Trinajstić information content (AvgIpc) is 2.43. The lowest BCUT2D eigenvalue weighted by Gasteiger charge is -2.38. The zero-order valence-electron chi connectivity index (χ0n) is 13.5. The van der Waals surface area contributed by atoms with E-state index in [4.69, 9.17) is 0 Å². The number of benzene rings is 1. The number of rotatable bonds is 1. The first kappa shape index (κ1) is 16.7. The molecule has 3 rings (SSSR count). The van der Waals surface area contributed by atoms with Crippen LogP contribution in [0.3, 0.4) is 0 Å². The van der Waals surface area contributed by atoms with Crippen molar-refractivity contribution in [3.63, 3.8) is 0 Å². The van der Waals surface area contributed by atoms with Gasteiger partial charge in [-0.05, 0) is 23.5 Å². The minimum atomic E-state index is -4.53. The fourth-order valence-electron chi connectivity index (χ4n) is 3.68. The van der Waals surface area contributed by atoms with E-state index >= 15 is 0 Å². The number of hydrogen-bond acceptors (Lipinski definition) is 2. The van der Waals surface area contributed by atoms with Gasteiger partial charge in [-0.1, -0.05) is 32.0 Å². The first-order chi connectivity index (χ1) is 11.1.